The molecule has 1 unspecified atom stereocenters. The summed E-state index contributed by atoms with van der Waals surface area (Å²) in [6.07, 6.45) is 1.62. The molecule has 0 bridgehead atoms. The van der Waals surface area contributed by atoms with Crippen LogP contribution in [0.15, 0.2) is 48.5 Å². The zero-order chi connectivity index (χ0) is 17.6. The van der Waals surface area contributed by atoms with Crippen molar-refractivity contribution >= 4 is 17.0 Å². The van der Waals surface area contributed by atoms with Gasteiger partial charge in [0.15, 0.2) is 0 Å². The largest absolute Gasteiger partial charge is 0.426 e. The summed E-state index contributed by atoms with van der Waals surface area (Å²) < 4.78 is 5.37. The molecule has 0 radical (unpaired) electrons. The maximum atomic E-state index is 11.6. The number of para-hydroxylation sites is 1. The predicted molar refractivity (Wildman–Crippen MR) is 94.3 cm³/mol. The molecule has 25 heavy (non-hydrogen) atoms. The van der Waals surface area contributed by atoms with Crippen molar-refractivity contribution in [2.75, 3.05) is 6.61 Å². The predicted octanol–water partition coefficient (Wildman–Crippen LogP) is 2.91. The van der Waals surface area contributed by atoms with Gasteiger partial charge in [-0.15, -0.1) is 0 Å². The number of hydrogen-bond donors (Lipinski definition) is 1. The van der Waals surface area contributed by atoms with Gasteiger partial charge in [-0.3, -0.25) is 4.79 Å². The van der Waals surface area contributed by atoms with Gasteiger partial charge in [-0.1, -0.05) is 37.3 Å². The molecule has 0 aliphatic rings. The van der Waals surface area contributed by atoms with Crippen LogP contribution in [0.3, 0.4) is 0 Å². The highest BCUT2D eigenvalue weighted by molar-refractivity contribution is 5.73. The first-order valence-electron chi connectivity index (χ1n) is 8.42. The molecular formula is C19H21N3O3. The van der Waals surface area contributed by atoms with Crippen LogP contribution in [0.2, 0.25) is 0 Å². The molecule has 0 fully saturated rings. The average molecular weight is 339 g/mol. The van der Waals surface area contributed by atoms with Crippen molar-refractivity contribution in [3.63, 3.8) is 0 Å². The lowest BCUT2D eigenvalue weighted by Crippen LogP contribution is -2.17. The van der Waals surface area contributed by atoms with Crippen LogP contribution in [0.25, 0.3) is 11.0 Å². The normalized spacial score (nSPS) is 12.2. The number of aliphatic hydroxyl groups excluding tert-OH is 1. The number of hydrogen-bond acceptors (Lipinski definition) is 5. The minimum absolute atomic E-state index is 0.0576. The molecule has 3 aromatic rings. The van der Waals surface area contributed by atoms with Gasteiger partial charge in [0.25, 0.3) is 0 Å². The van der Waals surface area contributed by atoms with Crippen LogP contribution in [0.4, 0.5) is 0 Å². The number of aliphatic hydroxyl groups is 1. The Hall–Kier alpha value is -2.73. The maximum absolute atomic E-state index is 11.6. The van der Waals surface area contributed by atoms with E-state index in [1.54, 1.807) is 17.8 Å². The van der Waals surface area contributed by atoms with Crippen LogP contribution < -0.4 is 4.74 Å². The molecule has 1 N–H and O–H groups in total. The van der Waals surface area contributed by atoms with E-state index in [4.69, 9.17) is 4.74 Å². The van der Waals surface area contributed by atoms with E-state index < -0.39 is 0 Å². The number of ether oxygens (including phenoxy) is 1. The van der Waals surface area contributed by atoms with Crippen molar-refractivity contribution in [3.8, 4) is 5.75 Å². The molecule has 0 saturated carbocycles. The molecule has 1 atom stereocenters. The molecule has 0 amide bonds. The van der Waals surface area contributed by atoms with Crippen molar-refractivity contribution in [1.82, 2.24) is 15.0 Å². The molecule has 6 nitrogen and oxygen atoms in total. The van der Waals surface area contributed by atoms with Gasteiger partial charge in [0.1, 0.15) is 16.8 Å². The molecular weight excluding hydrogens is 318 g/mol. The third kappa shape index (κ3) is 4.03. The van der Waals surface area contributed by atoms with E-state index in [1.165, 1.54) is 0 Å². The third-order valence-corrected chi connectivity index (χ3v) is 4.07. The van der Waals surface area contributed by atoms with Gasteiger partial charge in [-0.25, -0.2) is 0 Å². The Bertz CT molecular complexity index is 827. The lowest BCUT2D eigenvalue weighted by atomic mass is 10.0. The molecule has 0 spiro atoms. The zero-order valence-corrected chi connectivity index (χ0v) is 14.1. The molecule has 130 valence electrons. The van der Waals surface area contributed by atoms with Crippen LogP contribution >= 0.6 is 0 Å². The average Bonchev–Trinajstić information content (AvgIpc) is 3.07. The van der Waals surface area contributed by atoms with Gasteiger partial charge >= 0.3 is 5.97 Å². The van der Waals surface area contributed by atoms with Crippen LogP contribution in [-0.4, -0.2) is 32.7 Å². The van der Waals surface area contributed by atoms with Crippen molar-refractivity contribution in [2.45, 2.75) is 32.2 Å². The SMILES string of the molecule is CCC(=O)Oc1ccccc1CCC(CO)n1nc2ccccc2n1. The second-order valence-corrected chi connectivity index (χ2v) is 5.82. The zero-order valence-electron chi connectivity index (χ0n) is 14.1. The Kier molecular flexibility index (Phi) is 5.40. The topological polar surface area (TPSA) is 77.2 Å². The molecule has 3 rings (SSSR count). The first kappa shape index (κ1) is 17.1. The second-order valence-electron chi connectivity index (χ2n) is 5.82. The lowest BCUT2D eigenvalue weighted by Gasteiger charge is -2.14. The highest BCUT2D eigenvalue weighted by atomic mass is 16.5. The van der Waals surface area contributed by atoms with E-state index in [-0.39, 0.29) is 18.6 Å². The third-order valence-electron chi connectivity index (χ3n) is 4.07. The Morgan fingerprint density at radius 2 is 1.76 bits per heavy atom. The van der Waals surface area contributed by atoms with Crippen molar-refractivity contribution in [2.24, 2.45) is 0 Å². The molecule has 0 aliphatic heterocycles. The summed E-state index contributed by atoms with van der Waals surface area (Å²) in [6, 6.07) is 14.8. The summed E-state index contributed by atoms with van der Waals surface area (Å²) >= 11 is 0. The van der Waals surface area contributed by atoms with Crippen molar-refractivity contribution < 1.29 is 14.6 Å². The number of rotatable bonds is 7. The second kappa shape index (κ2) is 7.90. The smallest absolute Gasteiger partial charge is 0.310 e. The number of aromatic nitrogens is 3. The highest BCUT2D eigenvalue weighted by Crippen LogP contribution is 2.23. The van der Waals surface area contributed by atoms with Crippen LogP contribution in [-0.2, 0) is 11.2 Å². The van der Waals surface area contributed by atoms with Gasteiger partial charge < -0.3 is 9.84 Å². The van der Waals surface area contributed by atoms with E-state index in [0.29, 0.717) is 25.0 Å². The quantitative estimate of drug-likeness (QED) is 0.529. The number of esters is 1. The lowest BCUT2D eigenvalue weighted by molar-refractivity contribution is -0.134. The summed E-state index contributed by atoms with van der Waals surface area (Å²) in [5.41, 5.74) is 2.54. The monoisotopic (exact) mass is 339 g/mol. The number of carbonyl (C=O) groups excluding carboxylic acids is 1. The number of aryl methyl sites for hydroxylation is 1. The summed E-state index contributed by atoms with van der Waals surface area (Å²) in [7, 11) is 0. The Labute approximate surface area is 146 Å². The fraction of sp³-hybridized carbons (Fsp3) is 0.316. The number of nitrogens with zero attached hydrogens (tertiary/aromatic N) is 3. The molecule has 1 heterocycles. The maximum Gasteiger partial charge on any atom is 0.310 e. The van der Waals surface area contributed by atoms with Gasteiger partial charge in [0.2, 0.25) is 0 Å². The van der Waals surface area contributed by atoms with Crippen molar-refractivity contribution in [3.05, 3.63) is 54.1 Å². The summed E-state index contributed by atoms with van der Waals surface area (Å²) in [4.78, 5) is 13.1. The minimum Gasteiger partial charge on any atom is -0.426 e. The van der Waals surface area contributed by atoms with Gasteiger partial charge in [0.05, 0.1) is 12.6 Å². The number of benzene rings is 2. The number of fused-ring (bicyclic) bond motifs is 1. The first-order chi connectivity index (χ1) is 12.2. The summed E-state index contributed by atoms with van der Waals surface area (Å²) in [6.45, 7) is 1.71. The van der Waals surface area contributed by atoms with Crippen LogP contribution in [0.5, 0.6) is 5.75 Å². The molecule has 0 saturated heterocycles. The van der Waals surface area contributed by atoms with Gasteiger partial charge in [-0.05, 0) is 36.6 Å². The molecule has 0 aliphatic carbocycles. The molecule has 2 aromatic carbocycles. The summed E-state index contributed by atoms with van der Waals surface area (Å²) in [5, 5.41) is 18.6. The molecule has 6 heteroatoms. The van der Waals surface area contributed by atoms with Gasteiger partial charge in [-0.2, -0.15) is 15.0 Å². The molecule has 1 aromatic heterocycles. The fourth-order valence-corrected chi connectivity index (χ4v) is 2.65. The van der Waals surface area contributed by atoms with Crippen LogP contribution in [0.1, 0.15) is 31.4 Å². The highest BCUT2D eigenvalue weighted by Gasteiger charge is 2.15. The Morgan fingerprint density at radius 3 is 2.40 bits per heavy atom. The Balaban J connectivity index is 1.74. The first-order valence-corrected chi connectivity index (χ1v) is 8.42. The van der Waals surface area contributed by atoms with Crippen molar-refractivity contribution in [1.29, 1.82) is 0 Å². The number of carbonyl (C=O) groups is 1. The minimum atomic E-state index is -0.258. The van der Waals surface area contributed by atoms with Crippen LogP contribution in [0, 0.1) is 0 Å². The fourth-order valence-electron chi connectivity index (χ4n) is 2.65. The van der Waals surface area contributed by atoms with E-state index in [2.05, 4.69) is 10.2 Å². The Morgan fingerprint density at radius 1 is 1.12 bits per heavy atom. The van der Waals surface area contributed by atoms with E-state index >= 15 is 0 Å². The van der Waals surface area contributed by atoms with E-state index in [9.17, 15) is 9.90 Å². The van der Waals surface area contributed by atoms with E-state index in [0.717, 1.165) is 16.6 Å². The standard InChI is InChI=1S/C19H21N3O3/c1-2-19(24)25-18-10-6-3-7-14(18)11-12-15(13-23)22-20-16-8-4-5-9-17(16)21-22/h3-10,15,23H,2,11-13H2,1H3. The summed E-state index contributed by atoms with van der Waals surface area (Å²) in [5.74, 6) is 0.316. The van der Waals surface area contributed by atoms with E-state index in [1.807, 2.05) is 42.5 Å². The van der Waals surface area contributed by atoms with Gasteiger partial charge in [0, 0.05) is 6.42 Å².